The Labute approximate surface area is 199 Å². The highest BCUT2D eigenvalue weighted by Crippen LogP contribution is 2.61. The zero-order valence-electron chi connectivity index (χ0n) is 17.6. The lowest BCUT2D eigenvalue weighted by atomic mass is 9.75. The molecular formula is C24H21BrClN3O3. The van der Waals surface area contributed by atoms with Crippen LogP contribution in [0.5, 0.6) is 0 Å². The molecule has 2 aromatic carbocycles. The highest BCUT2D eigenvalue weighted by atomic mass is 79.9. The van der Waals surface area contributed by atoms with E-state index in [-0.39, 0.29) is 23.8 Å². The Morgan fingerprint density at radius 3 is 2.66 bits per heavy atom. The van der Waals surface area contributed by atoms with Crippen molar-refractivity contribution in [3.8, 4) is 0 Å². The second-order valence-corrected chi connectivity index (χ2v) is 10.5. The second kappa shape index (κ2) is 6.65. The van der Waals surface area contributed by atoms with Gasteiger partial charge in [0.1, 0.15) is 5.54 Å². The van der Waals surface area contributed by atoms with Crippen molar-refractivity contribution in [2.75, 3.05) is 16.8 Å². The number of carbonyl (C=O) groups excluding carboxylic acids is 3. The summed E-state index contributed by atoms with van der Waals surface area (Å²) in [5.74, 6) is -2.08. The largest absolute Gasteiger partial charge is 0.324 e. The molecule has 0 aliphatic carbocycles. The molecule has 4 atom stereocenters. The van der Waals surface area contributed by atoms with E-state index in [4.69, 9.17) is 11.6 Å². The molecule has 3 amide bonds. The van der Waals surface area contributed by atoms with Crippen molar-refractivity contribution in [1.29, 1.82) is 0 Å². The maximum absolute atomic E-state index is 14.0. The van der Waals surface area contributed by atoms with Gasteiger partial charge in [-0.25, -0.2) is 4.90 Å². The van der Waals surface area contributed by atoms with Crippen LogP contribution in [0.4, 0.5) is 11.4 Å². The third-order valence-electron chi connectivity index (χ3n) is 7.71. The van der Waals surface area contributed by atoms with Crippen LogP contribution >= 0.6 is 27.5 Å². The molecule has 3 saturated heterocycles. The van der Waals surface area contributed by atoms with Gasteiger partial charge in [-0.15, -0.1) is 0 Å². The van der Waals surface area contributed by atoms with Crippen LogP contribution in [0.25, 0.3) is 0 Å². The molecule has 4 aliphatic rings. The molecule has 4 heterocycles. The van der Waals surface area contributed by atoms with Crippen molar-refractivity contribution in [2.45, 2.75) is 38.3 Å². The Bertz CT molecular complexity index is 1250. The zero-order chi connectivity index (χ0) is 22.5. The van der Waals surface area contributed by atoms with Crippen LogP contribution in [-0.2, 0) is 19.9 Å². The number of hydrogen-bond donors (Lipinski definition) is 1. The SMILES string of the molecule is Cc1ccc(N2C(=O)[C@@H]3[C@@H]4CCCN4[C@@]4(C(=O)Nc5c4ccc(Cl)c5C)[C@H]3C2=O)c(Br)c1. The average Bonchev–Trinajstić information content (AvgIpc) is 3.45. The van der Waals surface area contributed by atoms with Crippen LogP contribution in [0, 0.1) is 25.7 Å². The van der Waals surface area contributed by atoms with Gasteiger partial charge < -0.3 is 5.32 Å². The molecular weight excluding hydrogens is 494 g/mol. The third kappa shape index (κ3) is 2.27. The van der Waals surface area contributed by atoms with E-state index >= 15 is 0 Å². The molecule has 0 bridgehead atoms. The van der Waals surface area contributed by atoms with Gasteiger partial charge in [-0.2, -0.15) is 0 Å². The quantitative estimate of drug-likeness (QED) is 0.581. The van der Waals surface area contributed by atoms with Gasteiger partial charge in [0.05, 0.1) is 23.2 Å². The van der Waals surface area contributed by atoms with Gasteiger partial charge >= 0.3 is 0 Å². The molecule has 2 aromatic rings. The van der Waals surface area contributed by atoms with Crippen molar-refractivity contribution in [2.24, 2.45) is 11.8 Å². The van der Waals surface area contributed by atoms with Gasteiger partial charge in [0.15, 0.2) is 0 Å². The number of anilines is 2. The summed E-state index contributed by atoms with van der Waals surface area (Å²) in [6.07, 6.45) is 1.68. The molecule has 0 unspecified atom stereocenters. The summed E-state index contributed by atoms with van der Waals surface area (Å²) in [6.45, 7) is 4.50. The number of carbonyl (C=O) groups is 3. The standard InChI is InChI=1S/C24H21BrClN3O3/c1-11-5-8-16(14(25)10-11)29-21(30)18-17-4-3-9-28(17)24(19(18)22(29)31)13-6-7-15(26)12(2)20(13)27-23(24)32/h5-8,10,17-19H,3-4,9H2,1-2H3,(H,27,32)/t17-,18+,19+,24+/m0/s1. The normalized spacial score (nSPS) is 30.8. The highest BCUT2D eigenvalue weighted by Gasteiger charge is 2.74. The van der Waals surface area contributed by atoms with Gasteiger partial charge in [0.25, 0.3) is 0 Å². The lowest BCUT2D eigenvalue weighted by molar-refractivity contribution is -0.135. The summed E-state index contributed by atoms with van der Waals surface area (Å²) in [4.78, 5) is 44.9. The summed E-state index contributed by atoms with van der Waals surface area (Å²) in [5, 5.41) is 3.58. The molecule has 0 radical (unpaired) electrons. The lowest BCUT2D eigenvalue weighted by Gasteiger charge is -2.36. The van der Waals surface area contributed by atoms with Gasteiger partial charge in [-0.1, -0.05) is 23.7 Å². The fourth-order valence-electron chi connectivity index (χ4n) is 6.42. The van der Waals surface area contributed by atoms with Crippen LogP contribution in [-0.4, -0.2) is 35.2 Å². The van der Waals surface area contributed by atoms with E-state index in [9.17, 15) is 14.4 Å². The van der Waals surface area contributed by atoms with E-state index in [1.54, 1.807) is 12.1 Å². The number of rotatable bonds is 1. The first-order chi connectivity index (χ1) is 15.3. The zero-order valence-corrected chi connectivity index (χ0v) is 20.0. The third-order valence-corrected chi connectivity index (χ3v) is 8.75. The monoisotopic (exact) mass is 513 g/mol. The van der Waals surface area contributed by atoms with Gasteiger partial charge in [-0.3, -0.25) is 19.3 Å². The van der Waals surface area contributed by atoms with Gasteiger partial charge in [-0.05, 0) is 78.5 Å². The number of halogens is 2. The second-order valence-electron chi connectivity index (χ2n) is 9.19. The molecule has 6 rings (SSSR count). The van der Waals surface area contributed by atoms with Crippen LogP contribution < -0.4 is 10.2 Å². The number of benzene rings is 2. The summed E-state index contributed by atoms with van der Waals surface area (Å²) < 4.78 is 0.690. The van der Waals surface area contributed by atoms with E-state index < -0.39 is 17.4 Å². The van der Waals surface area contributed by atoms with E-state index in [1.807, 2.05) is 32.0 Å². The summed E-state index contributed by atoms with van der Waals surface area (Å²) in [6, 6.07) is 9.06. The van der Waals surface area contributed by atoms with Crippen molar-refractivity contribution < 1.29 is 14.4 Å². The fraction of sp³-hybridized carbons (Fsp3) is 0.375. The van der Waals surface area contributed by atoms with Crippen LogP contribution in [0.2, 0.25) is 5.02 Å². The van der Waals surface area contributed by atoms with E-state index in [0.29, 0.717) is 27.4 Å². The van der Waals surface area contributed by atoms with Crippen LogP contribution in [0.15, 0.2) is 34.8 Å². The first-order valence-corrected chi connectivity index (χ1v) is 12.0. The van der Waals surface area contributed by atoms with Gasteiger partial charge in [0, 0.05) is 21.1 Å². The van der Waals surface area contributed by atoms with Crippen molar-refractivity contribution in [3.05, 3.63) is 56.5 Å². The van der Waals surface area contributed by atoms with Gasteiger partial charge in [0.2, 0.25) is 17.7 Å². The number of nitrogens with zero attached hydrogens (tertiary/aromatic N) is 2. The minimum Gasteiger partial charge on any atom is -0.324 e. The Balaban J connectivity index is 1.57. The van der Waals surface area contributed by atoms with Crippen molar-refractivity contribution >= 4 is 56.6 Å². The Hall–Kier alpha value is -2.22. The molecule has 32 heavy (non-hydrogen) atoms. The van der Waals surface area contributed by atoms with E-state index in [2.05, 4.69) is 26.1 Å². The number of nitrogens with one attached hydrogen (secondary N) is 1. The smallest absolute Gasteiger partial charge is 0.250 e. The minimum atomic E-state index is -1.19. The molecule has 1 spiro atoms. The fourth-order valence-corrected chi connectivity index (χ4v) is 7.25. The predicted molar refractivity (Wildman–Crippen MR) is 125 cm³/mol. The summed E-state index contributed by atoms with van der Waals surface area (Å²) in [7, 11) is 0. The molecule has 0 aromatic heterocycles. The summed E-state index contributed by atoms with van der Waals surface area (Å²) in [5.41, 5.74) is 2.58. The number of imide groups is 1. The summed E-state index contributed by atoms with van der Waals surface area (Å²) >= 11 is 9.87. The maximum atomic E-state index is 14.0. The molecule has 8 heteroatoms. The molecule has 1 N–H and O–H groups in total. The van der Waals surface area contributed by atoms with Crippen LogP contribution in [0.1, 0.15) is 29.5 Å². The average molecular weight is 515 g/mol. The molecule has 6 nitrogen and oxygen atoms in total. The Morgan fingerprint density at radius 2 is 1.91 bits per heavy atom. The molecule has 3 fully saturated rings. The number of hydrogen-bond acceptors (Lipinski definition) is 4. The Kier molecular flexibility index (Phi) is 4.24. The molecule has 4 aliphatic heterocycles. The van der Waals surface area contributed by atoms with Crippen LogP contribution in [0.3, 0.4) is 0 Å². The van der Waals surface area contributed by atoms with E-state index in [0.717, 1.165) is 29.5 Å². The number of fused-ring (bicyclic) bond motifs is 7. The lowest BCUT2D eigenvalue weighted by Crippen LogP contribution is -2.54. The highest BCUT2D eigenvalue weighted by molar-refractivity contribution is 9.10. The number of amides is 3. The predicted octanol–water partition coefficient (Wildman–Crippen LogP) is 4.15. The number of aryl methyl sites for hydroxylation is 1. The molecule has 164 valence electrons. The first kappa shape index (κ1) is 20.4. The maximum Gasteiger partial charge on any atom is 0.250 e. The topological polar surface area (TPSA) is 69.7 Å². The Morgan fingerprint density at radius 1 is 1.12 bits per heavy atom. The van der Waals surface area contributed by atoms with Crippen molar-refractivity contribution in [1.82, 2.24) is 4.90 Å². The van der Waals surface area contributed by atoms with E-state index in [1.165, 1.54) is 4.90 Å². The van der Waals surface area contributed by atoms with Crippen molar-refractivity contribution in [3.63, 3.8) is 0 Å². The minimum absolute atomic E-state index is 0.140. The molecule has 0 saturated carbocycles. The first-order valence-electron chi connectivity index (χ1n) is 10.8.